The lowest BCUT2D eigenvalue weighted by Crippen LogP contribution is -2.45. The topological polar surface area (TPSA) is 21.3 Å². The Hall–Kier alpha value is -0.0800. The zero-order valence-electron chi connectivity index (χ0n) is 9.35. The predicted octanol–water partition coefficient (Wildman–Crippen LogP) is 2.48. The van der Waals surface area contributed by atoms with Gasteiger partial charge < -0.3 is 10.1 Å². The molecule has 0 saturated heterocycles. The van der Waals surface area contributed by atoms with E-state index >= 15 is 0 Å². The van der Waals surface area contributed by atoms with Crippen LogP contribution in [-0.4, -0.2) is 24.8 Å². The summed E-state index contributed by atoms with van der Waals surface area (Å²) in [6.45, 7) is 4.07. The van der Waals surface area contributed by atoms with E-state index in [1.807, 2.05) is 0 Å². The van der Waals surface area contributed by atoms with Gasteiger partial charge >= 0.3 is 0 Å². The molecule has 2 saturated carbocycles. The highest BCUT2D eigenvalue weighted by Crippen LogP contribution is 2.32. The fourth-order valence-electron chi connectivity index (χ4n) is 2.49. The van der Waals surface area contributed by atoms with E-state index in [1.165, 1.54) is 44.9 Å². The van der Waals surface area contributed by atoms with E-state index in [4.69, 9.17) is 4.74 Å². The minimum absolute atomic E-state index is 0.190. The van der Waals surface area contributed by atoms with Crippen LogP contribution < -0.4 is 5.32 Å². The smallest absolute Gasteiger partial charge is 0.0806 e. The molecule has 2 fully saturated rings. The zero-order chi connectivity index (χ0) is 9.86. The number of rotatable bonds is 5. The van der Waals surface area contributed by atoms with Crippen molar-refractivity contribution in [1.82, 2.24) is 5.32 Å². The number of ether oxygens (including phenoxy) is 1. The molecule has 0 heterocycles. The Morgan fingerprint density at radius 2 is 1.93 bits per heavy atom. The lowest BCUT2D eigenvalue weighted by Gasteiger charge is -2.37. The van der Waals surface area contributed by atoms with Crippen molar-refractivity contribution in [2.75, 3.05) is 13.2 Å². The summed E-state index contributed by atoms with van der Waals surface area (Å²) in [6, 6.07) is 0.814. The number of nitrogens with one attached hydrogen (secondary N) is 1. The molecule has 0 unspecified atom stereocenters. The monoisotopic (exact) mass is 197 g/mol. The molecule has 2 aliphatic rings. The molecule has 0 atom stereocenters. The van der Waals surface area contributed by atoms with Crippen molar-refractivity contribution in [2.45, 2.75) is 63.5 Å². The minimum atomic E-state index is 0.190. The maximum Gasteiger partial charge on any atom is 0.0806 e. The first-order chi connectivity index (χ1) is 6.85. The van der Waals surface area contributed by atoms with E-state index in [-0.39, 0.29) is 5.60 Å². The van der Waals surface area contributed by atoms with Gasteiger partial charge in [-0.05, 0) is 32.6 Å². The average molecular weight is 197 g/mol. The highest BCUT2D eigenvalue weighted by atomic mass is 16.5. The van der Waals surface area contributed by atoms with Gasteiger partial charge in [0.1, 0.15) is 0 Å². The van der Waals surface area contributed by atoms with Crippen molar-refractivity contribution in [3.8, 4) is 0 Å². The molecule has 2 nitrogen and oxygen atoms in total. The second-order valence-electron chi connectivity index (χ2n) is 4.83. The average Bonchev–Trinajstić information content (AvgIpc) is 3.00. The molecule has 0 radical (unpaired) electrons. The van der Waals surface area contributed by atoms with Gasteiger partial charge in [-0.3, -0.25) is 0 Å². The molecule has 14 heavy (non-hydrogen) atoms. The summed E-state index contributed by atoms with van der Waals surface area (Å²) in [6.07, 6.45) is 9.39. The van der Waals surface area contributed by atoms with Crippen molar-refractivity contribution >= 4 is 0 Å². The lowest BCUT2D eigenvalue weighted by atomic mass is 9.84. The summed E-state index contributed by atoms with van der Waals surface area (Å²) in [4.78, 5) is 0. The van der Waals surface area contributed by atoms with Crippen molar-refractivity contribution in [3.05, 3.63) is 0 Å². The summed E-state index contributed by atoms with van der Waals surface area (Å²) in [7, 11) is 0. The van der Waals surface area contributed by atoms with Gasteiger partial charge in [0.25, 0.3) is 0 Å². The molecule has 0 aromatic carbocycles. The van der Waals surface area contributed by atoms with Crippen LogP contribution in [0.3, 0.4) is 0 Å². The molecule has 0 aliphatic heterocycles. The molecule has 0 amide bonds. The third-order valence-corrected chi connectivity index (χ3v) is 3.51. The van der Waals surface area contributed by atoms with Crippen LogP contribution in [0.4, 0.5) is 0 Å². The number of hydrogen-bond acceptors (Lipinski definition) is 2. The van der Waals surface area contributed by atoms with Crippen LogP contribution in [0.15, 0.2) is 0 Å². The zero-order valence-corrected chi connectivity index (χ0v) is 9.35. The van der Waals surface area contributed by atoms with Gasteiger partial charge in [0, 0.05) is 19.2 Å². The molecule has 0 bridgehead atoms. The minimum Gasteiger partial charge on any atom is -0.374 e. The molecular formula is C12H23NO. The fourth-order valence-corrected chi connectivity index (χ4v) is 2.49. The van der Waals surface area contributed by atoms with E-state index in [0.29, 0.717) is 0 Å². The van der Waals surface area contributed by atoms with Crippen LogP contribution in [0.1, 0.15) is 51.9 Å². The van der Waals surface area contributed by atoms with Crippen molar-refractivity contribution in [3.63, 3.8) is 0 Å². The molecular weight excluding hydrogens is 174 g/mol. The van der Waals surface area contributed by atoms with Gasteiger partial charge in [-0.1, -0.05) is 19.3 Å². The van der Waals surface area contributed by atoms with Crippen LogP contribution in [0.25, 0.3) is 0 Å². The molecule has 82 valence electrons. The normalized spacial score (nSPS) is 26.4. The van der Waals surface area contributed by atoms with Crippen molar-refractivity contribution < 1.29 is 4.74 Å². The van der Waals surface area contributed by atoms with E-state index < -0.39 is 0 Å². The first-order valence-electron chi connectivity index (χ1n) is 6.22. The molecule has 0 spiro atoms. The van der Waals surface area contributed by atoms with E-state index in [2.05, 4.69) is 12.2 Å². The Balaban J connectivity index is 1.82. The van der Waals surface area contributed by atoms with Crippen LogP contribution in [-0.2, 0) is 4.74 Å². The standard InChI is InChI=1S/C12H23NO/c1-2-14-12(8-4-3-5-9-12)10-13-11-6-7-11/h11,13H,2-10H2,1H3. The molecule has 2 rings (SSSR count). The first kappa shape index (κ1) is 10.4. The first-order valence-corrected chi connectivity index (χ1v) is 6.22. The Kier molecular flexibility index (Phi) is 3.45. The summed E-state index contributed by atoms with van der Waals surface area (Å²) in [5.41, 5.74) is 0.190. The van der Waals surface area contributed by atoms with Crippen LogP contribution in [0.2, 0.25) is 0 Å². The predicted molar refractivity (Wildman–Crippen MR) is 58.5 cm³/mol. The summed E-state index contributed by atoms with van der Waals surface area (Å²) in [5, 5.41) is 3.63. The van der Waals surface area contributed by atoms with Gasteiger partial charge in [-0.2, -0.15) is 0 Å². The summed E-state index contributed by atoms with van der Waals surface area (Å²) in [5.74, 6) is 0. The summed E-state index contributed by atoms with van der Waals surface area (Å²) < 4.78 is 5.99. The third-order valence-electron chi connectivity index (χ3n) is 3.51. The van der Waals surface area contributed by atoms with Crippen LogP contribution in [0.5, 0.6) is 0 Å². The molecule has 0 aromatic heterocycles. The van der Waals surface area contributed by atoms with Crippen molar-refractivity contribution in [1.29, 1.82) is 0 Å². The highest BCUT2D eigenvalue weighted by Gasteiger charge is 2.34. The van der Waals surface area contributed by atoms with Gasteiger partial charge in [0.2, 0.25) is 0 Å². The largest absolute Gasteiger partial charge is 0.374 e. The van der Waals surface area contributed by atoms with Gasteiger partial charge in [0.15, 0.2) is 0 Å². The second-order valence-corrected chi connectivity index (χ2v) is 4.83. The molecule has 2 heteroatoms. The van der Waals surface area contributed by atoms with Crippen LogP contribution in [0, 0.1) is 0 Å². The lowest BCUT2D eigenvalue weighted by molar-refractivity contribution is -0.0630. The fraction of sp³-hybridized carbons (Fsp3) is 1.00. The van der Waals surface area contributed by atoms with Gasteiger partial charge in [0.05, 0.1) is 5.60 Å². The molecule has 2 aliphatic carbocycles. The maximum absolute atomic E-state index is 5.99. The Morgan fingerprint density at radius 1 is 1.21 bits per heavy atom. The van der Waals surface area contributed by atoms with E-state index in [9.17, 15) is 0 Å². The third kappa shape index (κ3) is 2.71. The Morgan fingerprint density at radius 3 is 2.50 bits per heavy atom. The van der Waals surface area contributed by atoms with Crippen molar-refractivity contribution in [2.24, 2.45) is 0 Å². The molecule has 0 aromatic rings. The van der Waals surface area contributed by atoms with Crippen LogP contribution >= 0.6 is 0 Å². The van der Waals surface area contributed by atoms with Gasteiger partial charge in [-0.15, -0.1) is 0 Å². The van der Waals surface area contributed by atoms with E-state index in [0.717, 1.165) is 19.2 Å². The van der Waals surface area contributed by atoms with Gasteiger partial charge in [-0.25, -0.2) is 0 Å². The molecule has 1 N–H and O–H groups in total. The highest BCUT2D eigenvalue weighted by molar-refractivity contribution is 4.90. The second kappa shape index (κ2) is 4.63. The van der Waals surface area contributed by atoms with E-state index in [1.54, 1.807) is 0 Å². The Bertz CT molecular complexity index is 166. The maximum atomic E-state index is 5.99. The Labute approximate surface area is 87.4 Å². The SMILES string of the molecule is CCOC1(CNC2CC2)CCCCC1. The summed E-state index contributed by atoms with van der Waals surface area (Å²) >= 11 is 0. The quantitative estimate of drug-likeness (QED) is 0.731. The number of hydrogen-bond donors (Lipinski definition) is 1.